The highest BCUT2D eigenvalue weighted by Gasteiger charge is 2.16. The van der Waals surface area contributed by atoms with Gasteiger partial charge in [-0.05, 0) is 45.8 Å². The van der Waals surface area contributed by atoms with Crippen molar-refractivity contribution in [2.75, 3.05) is 7.11 Å². The van der Waals surface area contributed by atoms with Crippen molar-refractivity contribution in [3.63, 3.8) is 0 Å². The van der Waals surface area contributed by atoms with Gasteiger partial charge in [-0.15, -0.1) is 0 Å². The lowest BCUT2D eigenvalue weighted by Gasteiger charge is -2.03. The third-order valence-corrected chi connectivity index (χ3v) is 3.89. The molecule has 5 heteroatoms. The van der Waals surface area contributed by atoms with Crippen molar-refractivity contribution in [3.8, 4) is 5.75 Å². The minimum Gasteiger partial charge on any atom is -0.497 e. The molecule has 0 saturated carbocycles. The van der Waals surface area contributed by atoms with Crippen molar-refractivity contribution in [2.45, 2.75) is 0 Å². The number of nitrogens with zero attached hydrogens (tertiary/aromatic N) is 1. The van der Waals surface area contributed by atoms with Crippen LogP contribution in [0.1, 0.15) is 11.1 Å². The number of amides is 1. The number of hydrogen-bond acceptors (Lipinski definition) is 3. The van der Waals surface area contributed by atoms with Crippen molar-refractivity contribution >= 4 is 33.6 Å². The van der Waals surface area contributed by atoms with Gasteiger partial charge in [-0.3, -0.25) is 4.79 Å². The maximum atomic E-state index is 12.3. The van der Waals surface area contributed by atoms with Gasteiger partial charge in [0.05, 0.1) is 17.4 Å². The van der Waals surface area contributed by atoms with E-state index in [4.69, 9.17) is 4.74 Å². The molecule has 0 saturated heterocycles. The molecule has 3 rings (SSSR count). The van der Waals surface area contributed by atoms with Crippen LogP contribution in [0, 0.1) is 0 Å². The molecule has 1 heterocycles. The summed E-state index contributed by atoms with van der Waals surface area (Å²) in [6.07, 6.45) is 3.54. The van der Waals surface area contributed by atoms with Gasteiger partial charge < -0.3 is 10.1 Å². The van der Waals surface area contributed by atoms with Gasteiger partial charge in [0.15, 0.2) is 0 Å². The first-order valence-corrected chi connectivity index (χ1v) is 8.13. The molecule has 0 atom stereocenters. The molecule has 0 aliphatic carbocycles. The Bertz CT molecular complexity index is 837. The maximum absolute atomic E-state index is 12.3. The molecule has 0 bridgehead atoms. The van der Waals surface area contributed by atoms with Gasteiger partial charge in [0.25, 0.3) is 5.91 Å². The highest BCUT2D eigenvalue weighted by molar-refractivity contribution is 9.11. The van der Waals surface area contributed by atoms with E-state index in [9.17, 15) is 4.79 Å². The normalized spacial score (nSPS) is 16.1. The molecular formula is C19H15BrN2O2. The predicted octanol–water partition coefficient (Wildman–Crippen LogP) is 3.89. The van der Waals surface area contributed by atoms with Crippen LogP contribution >= 0.6 is 15.9 Å². The molecule has 120 valence electrons. The van der Waals surface area contributed by atoms with Crippen LogP contribution in [-0.2, 0) is 4.79 Å². The number of methoxy groups -OCH3 is 1. The zero-order chi connectivity index (χ0) is 16.9. The Morgan fingerprint density at radius 1 is 1.08 bits per heavy atom. The van der Waals surface area contributed by atoms with Gasteiger partial charge in [0, 0.05) is 5.56 Å². The number of carbonyl (C=O) groups is 1. The molecule has 0 unspecified atom stereocenters. The predicted molar refractivity (Wildman–Crippen MR) is 99.1 cm³/mol. The fraction of sp³-hybridized carbons (Fsp3) is 0.0526. The zero-order valence-electron chi connectivity index (χ0n) is 13.0. The summed E-state index contributed by atoms with van der Waals surface area (Å²) in [5.41, 5.74) is 2.85. The summed E-state index contributed by atoms with van der Waals surface area (Å²) in [4.78, 5) is 16.9. The smallest absolute Gasteiger partial charge is 0.274 e. The van der Waals surface area contributed by atoms with E-state index in [0.29, 0.717) is 16.0 Å². The van der Waals surface area contributed by atoms with Crippen molar-refractivity contribution < 1.29 is 9.53 Å². The molecule has 2 aromatic carbocycles. The highest BCUT2D eigenvalue weighted by atomic mass is 79.9. The number of allylic oxidation sites excluding steroid dienone is 1. The number of rotatable bonds is 3. The van der Waals surface area contributed by atoms with E-state index in [2.05, 4.69) is 26.2 Å². The lowest BCUT2D eigenvalue weighted by Crippen LogP contribution is -2.19. The molecule has 1 aliphatic heterocycles. The molecular weight excluding hydrogens is 368 g/mol. The Morgan fingerprint density at radius 2 is 1.79 bits per heavy atom. The molecule has 0 aromatic heterocycles. The third-order valence-electron chi connectivity index (χ3n) is 3.46. The van der Waals surface area contributed by atoms with E-state index in [1.807, 2.05) is 54.6 Å². The summed E-state index contributed by atoms with van der Waals surface area (Å²) in [7, 11) is 1.62. The minimum atomic E-state index is -0.264. The molecule has 24 heavy (non-hydrogen) atoms. The lowest BCUT2D eigenvalue weighted by molar-refractivity contribution is -0.116. The van der Waals surface area contributed by atoms with Gasteiger partial charge in [0.2, 0.25) is 0 Å². The van der Waals surface area contributed by atoms with Crippen LogP contribution in [0.25, 0.3) is 6.08 Å². The average Bonchev–Trinajstić information content (AvgIpc) is 2.75. The number of nitrogens with one attached hydrogen (secondary N) is 1. The van der Waals surface area contributed by atoms with E-state index >= 15 is 0 Å². The molecule has 1 N–H and O–H groups in total. The third kappa shape index (κ3) is 3.81. The molecule has 0 radical (unpaired) electrons. The fourth-order valence-electron chi connectivity index (χ4n) is 2.25. The maximum Gasteiger partial charge on any atom is 0.274 e. The van der Waals surface area contributed by atoms with Gasteiger partial charge in [-0.25, -0.2) is 4.99 Å². The van der Waals surface area contributed by atoms with Crippen LogP contribution in [0.15, 0.2) is 76.0 Å². The Balaban J connectivity index is 2.02. The van der Waals surface area contributed by atoms with Crippen molar-refractivity contribution in [3.05, 3.63) is 82.1 Å². The van der Waals surface area contributed by atoms with Crippen LogP contribution in [-0.4, -0.2) is 18.7 Å². The van der Waals surface area contributed by atoms with E-state index < -0.39 is 0 Å². The molecule has 2 aromatic rings. The van der Waals surface area contributed by atoms with Crippen molar-refractivity contribution in [1.82, 2.24) is 5.32 Å². The number of benzene rings is 2. The Hall–Kier alpha value is -2.66. The number of hydrogen-bond donors (Lipinski definition) is 1. The number of aliphatic imine (C=N–C) groups is 1. The van der Waals surface area contributed by atoms with Crippen LogP contribution in [0.4, 0.5) is 0 Å². The Kier molecular flexibility index (Phi) is 4.91. The summed E-state index contributed by atoms with van der Waals surface area (Å²) < 4.78 is 5.72. The summed E-state index contributed by atoms with van der Waals surface area (Å²) >= 11 is 3.35. The Morgan fingerprint density at radius 3 is 2.46 bits per heavy atom. The van der Waals surface area contributed by atoms with Crippen LogP contribution in [0.3, 0.4) is 0 Å². The SMILES string of the molecule is COc1ccc(C=C2N=C(c3ccccc3)C=C(Br)NC2=O)cc1. The topological polar surface area (TPSA) is 50.7 Å². The van der Waals surface area contributed by atoms with Crippen LogP contribution in [0.2, 0.25) is 0 Å². The second-order valence-electron chi connectivity index (χ2n) is 5.11. The number of carbonyl (C=O) groups excluding carboxylic acids is 1. The second-order valence-corrected chi connectivity index (χ2v) is 5.97. The monoisotopic (exact) mass is 382 g/mol. The Labute approximate surface area is 148 Å². The van der Waals surface area contributed by atoms with Crippen molar-refractivity contribution in [2.24, 2.45) is 4.99 Å². The van der Waals surface area contributed by atoms with Crippen molar-refractivity contribution in [1.29, 1.82) is 0 Å². The first kappa shape index (κ1) is 16.2. The van der Waals surface area contributed by atoms with Crippen LogP contribution in [0.5, 0.6) is 5.75 Å². The summed E-state index contributed by atoms with van der Waals surface area (Å²) in [5.74, 6) is 0.500. The van der Waals surface area contributed by atoms with Gasteiger partial charge in [-0.1, -0.05) is 42.5 Å². The quantitative estimate of drug-likeness (QED) is 0.646. The number of halogens is 1. The van der Waals surface area contributed by atoms with E-state index in [1.165, 1.54) is 0 Å². The van der Waals surface area contributed by atoms with E-state index in [1.54, 1.807) is 19.3 Å². The molecule has 1 aliphatic rings. The molecule has 1 amide bonds. The average molecular weight is 383 g/mol. The molecule has 0 fully saturated rings. The largest absolute Gasteiger partial charge is 0.497 e. The van der Waals surface area contributed by atoms with E-state index in [-0.39, 0.29) is 5.91 Å². The standard InChI is InChI=1S/C19H15BrN2O2/c1-24-15-9-7-13(8-10-15)11-17-19(23)22-18(20)12-16(21-17)14-5-3-2-4-6-14/h2-12H,1H3,(H,22,23). The van der Waals surface area contributed by atoms with Gasteiger partial charge >= 0.3 is 0 Å². The van der Waals surface area contributed by atoms with Gasteiger partial charge in [0.1, 0.15) is 11.4 Å². The molecule has 0 spiro atoms. The minimum absolute atomic E-state index is 0.264. The highest BCUT2D eigenvalue weighted by Crippen LogP contribution is 2.19. The number of ether oxygens (including phenoxy) is 1. The molecule has 4 nitrogen and oxygen atoms in total. The lowest BCUT2D eigenvalue weighted by atomic mass is 10.1. The van der Waals surface area contributed by atoms with Gasteiger partial charge in [-0.2, -0.15) is 0 Å². The zero-order valence-corrected chi connectivity index (χ0v) is 14.6. The summed E-state index contributed by atoms with van der Waals surface area (Å²) in [5, 5.41) is 2.77. The second kappa shape index (κ2) is 7.27. The summed E-state index contributed by atoms with van der Waals surface area (Å²) in [6.45, 7) is 0. The van der Waals surface area contributed by atoms with Crippen LogP contribution < -0.4 is 10.1 Å². The van der Waals surface area contributed by atoms with E-state index in [0.717, 1.165) is 16.9 Å². The fourth-order valence-corrected chi connectivity index (χ4v) is 2.65. The first-order valence-electron chi connectivity index (χ1n) is 7.34. The summed E-state index contributed by atoms with van der Waals surface area (Å²) in [6, 6.07) is 17.2. The first-order chi connectivity index (χ1) is 11.7.